The van der Waals surface area contributed by atoms with Gasteiger partial charge in [0, 0.05) is 18.1 Å². The summed E-state index contributed by atoms with van der Waals surface area (Å²) < 4.78 is 2.09. The van der Waals surface area contributed by atoms with Gasteiger partial charge in [-0.1, -0.05) is 36.8 Å². The second kappa shape index (κ2) is 9.44. The molecule has 4 rings (SSSR count). The van der Waals surface area contributed by atoms with Gasteiger partial charge >= 0.3 is 0 Å². The number of fused-ring (bicyclic) bond motifs is 1. The van der Waals surface area contributed by atoms with Gasteiger partial charge in [-0.15, -0.1) is 0 Å². The van der Waals surface area contributed by atoms with Crippen molar-refractivity contribution in [2.75, 3.05) is 6.67 Å². The summed E-state index contributed by atoms with van der Waals surface area (Å²) in [5.41, 5.74) is 7.20. The van der Waals surface area contributed by atoms with Gasteiger partial charge in [-0.05, 0) is 68.2 Å². The second-order valence-corrected chi connectivity index (χ2v) is 7.58. The Balaban J connectivity index is 1.73. The van der Waals surface area contributed by atoms with Crippen molar-refractivity contribution in [3.63, 3.8) is 0 Å². The Hall–Kier alpha value is -3.34. The van der Waals surface area contributed by atoms with Crippen LogP contribution in [0.1, 0.15) is 44.7 Å². The van der Waals surface area contributed by atoms with Crippen molar-refractivity contribution >= 4 is 23.8 Å². The van der Waals surface area contributed by atoms with Crippen LogP contribution >= 0.6 is 0 Å². The van der Waals surface area contributed by atoms with Gasteiger partial charge in [0.1, 0.15) is 12.3 Å². The van der Waals surface area contributed by atoms with E-state index in [-0.39, 0.29) is 0 Å². The number of nitrogens with zero attached hydrogens (tertiary/aromatic N) is 5. The zero-order chi connectivity index (χ0) is 20.8. The zero-order valence-corrected chi connectivity index (χ0v) is 17.5. The van der Waals surface area contributed by atoms with Crippen LogP contribution in [0, 0.1) is 0 Å². The average Bonchev–Trinajstić information content (AvgIpc) is 3.21. The molecule has 0 unspecified atom stereocenters. The molecule has 0 bridgehead atoms. The Kier molecular flexibility index (Phi) is 6.28. The number of rotatable bonds is 6. The smallest absolute Gasteiger partial charge is 0.137 e. The zero-order valence-electron chi connectivity index (χ0n) is 17.5. The van der Waals surface area contributed by atoms with Gasteiger partial charge in [-0.3, -0.25) is 19.4 Å². The van der Waals surface area contributed by atoms with E-state index in [1.807, 2.05) is 37.4 Å². The molecular weight excluding hydrogens is 370 g/mol. The van der Waals surface area contributed by atoms with E-state index in [1.165, 1.54) is 30.5 Å². The third-order valence-corrected chi connectivity index (χ3v) is 5.47. The summed E-state index contributed by atoms with van der Waals surface area (Å²) in [5.74, 6) is 0. The van der Waals surface area contributed by atoms with Crippen LogP contribution in [0.25, 0.3) is 16.8 Å². The van der Waals surface area contributed by atoms with Crippen LogP contribution < -0.4 is 0 Å². The van der Waals surface area contributed by atoms with Crippen molar-refractivity contribution in [2.45, 2.75) is 39.0 Å². The van der Waals surface area contributed by atoms with E-state index in [4.69, 9.17) is 9.98 Å². The first-order valence-corrected chi connectivity index (χ1v) is 10.5. The molecule has 0 spiro atoms. The van der Waals surface area contributed by atoms with Crippen LogP contribution in [-0.2, 0) is 0 Å². The highest BCUT2D eigenvalue weighted by molar-refractivity contribution is 6.11. The van der Waals surface area contributed by atoms with Crippen LogP contribution in [0.3, 0.4) is 0 Å². The van der Waals surface area contributed by atoms with Gasteiger partial charge < -0.3 is 0 Å². The topological polar surface area (TPSA) is 54.4 Å². The average molecular weight is 398 g/mol. The van der Waals surface area contributed by atoms with Gasteiger partial charge in [-0.25, -0.2) is 4.98 Å². The normalized spacial score (nSPS) is 15.4. The van der Waals surface area contributed by atoms with Crippen LogP contribution in [0.15, 0.2) is 81.6 Å². The predicted octanol–water partition coefficient (Wildman–Crippen LogP) is 5.76. The van der Waals surface area contributed by atoms with E-state index in [0.29, 0.717) is 6.67 Å². The summed E-state index contributed by atoms with van der Waals surface area (Å²) in [7, 11) is 0. The van der Waals surface area contributed by atoms with Crippen molar-refractivity contribution in [3.8, 4) is 11.1 Å². The molecule has 0 aliphatic heterocycles. The summed E-state index contributed by atoms with van der Waals surface area (Å²) in [6.07, 6.45) is 11.7. The first-order chi connectivity index (χ1) is 14.8. The third kappa shape index (κ3) is 4.46. The number of aliphatic imine (C=N–C) groups is 3. The van der Waals surface area contributed by atoms with Crippen molar-refractivity contribution in [3.05, 3.63) is 72.3 Å². The number of aromatic nitrogens is 2. The fourth-order valence-electron chi connectivity index (χ4n) is 3.89. The summed E-state index contributed by atoms with van der Waals surface area (Å²) >= 11 is 0. The summed E-state index contributed by atoms with van der Waals surface area (Å²) in [6, 6.07) is 14.5. The lowest BCUT2D eigenvalue weighted by Gasteiger charge is -2.12. The van der Waals surface area contributed by atoms with Crippen LogP contribution in [0.4, 0.5) is 0 Å². The molecule has 2 heterocycles. The number of hydrogen-bond donors (Lipinski definition) is 0. The first-order valence-electron chi connectivity index (χ1n) is 10.5. The molecule has 1 aliphatic rings. The summed E-state index contributed by atoms with van der Waals surface area (Å²) in [4.78, 5) is 18.1. The van der Waals surface area contributed by atoms with Gasteiger partial charge in [0.05, 0.1) is 17.6 Å². The Bertz CT molecular complexity index is 1110. The lowest BCUT2D eigenvalue weighted by atomic mass is 9.99. The largest absolute Gasteiger partial charge is 0.298 e. The fourth-order valence-corrected chi connectivity index (χ4v) is 3.89. The molecule has 30 heavy (non-hydrogen) atoms. The van der Waals surface area contributed by atoms with Crippen LogP contribution in [-0.4, -0.2) is 34.2 Å². The second-order valence-electron chi connectivity index (χ2n) is 7.58. The molecule has 1 fully saturated rings. The molecular formula is C25H27N5. The molecule has 1 saturated carbocycles. The number of imidazole rings is 1. The Morgan fingerprint density at radius 1 is 1.07 bits per heavy atom. The van der Waals surface area contributed by atoms with Gasteiger partial charge in [0.2, 0.25) is 0 Å². The Labute approximate surface area is 177 Å². The molecule has 3 aromatic rings. The highest BCUT2D eigenvalue weighted by Crippen LogP contribution is 2.22. The molecule has 0 atom stereocenters. The molecule has 1 aliphatic carbocycles. The molecule has 0 saturated heterocycles. The van der Waals surface area contributed by atoms with Crippen LogP contribution in [0.2, 0.25) is 0 Å². The molecule has 1 aromatic carbocycles. The molecule has 0 N–H and O–H groups in total. The van der Waals surface area contributed by atoms with Gasteiger partial charge in [-0.2, -0.15) is 0 Å². The molecule has 0 radical (unpaired) electrons. The third-order valence-electron chi connectivity index (χ3n) is 5.47. The van der Waals surface area contributed by atoms with E-state index < -0.39 is 0 Å². The maximum atomic E-state index is 4.84. The highest BCUT2D eigenvalue weighted by Gasteiger charge is 2.13. The van der Waals surface area contributed by atoms with Crippen molar-refractivity contribution in [2.24, 2.45) is 15.0 Å². The highest BCUT2D eigenvalue weighted by atomic mass is 15.0. The van der Waals surface area contributed by atoms with Gasteiger partial charge in [0.25, 0.3) is 0 Å². The minimum absolute atomic E-state index is 0.429. The number of allylic oxidation sites excluding steroid dienone is 1. The molecule has 5 heteroatoms. The summed E-state index contributed by atoms with van der Waals surface area (Å²) in [6.45, 7) is 6.03. The minimum atomic E-state index is 0.429. The predicted molar refractivity (Wildman–Crippen MR) is 126 cm³/mol. The standard InChI is InChI=1S/C25H27N5/c1-19(15-26-2)25(29-18-28-22-11-7-4-8-12-22)23-16-27-24-14-13-21(17-30(23)24)20-9-5-3-6-10-20/h3,5-6,9-10,13-17H,2,4,7-8,11-12,18H2,1H3/b19-15-,29-25+. The van der Waals surface area contributed by atoms with E-state index in [9.17, 15) is 0 Å². The number of benzene rings is 1. The number of pyridine rings is 1. The van der Waals surface area contributed by atoms with E-state index in [2.05, 4.69) is 45.5 Å². The van der Waals surface area contributed by atoms with Crippen LogP contribution in [0.5, 0.6) is 0 Å². The monoisotopic (exact) mass is 397 g/mol. The SMILES string of the molecule is C=N/C=C(C)\C(=N/CN=C1CCCCC1)c1cnc2ccc(-c3ccccc3)cn12. The van der Waals surface area contributed by atoms with E-state index >= 15 is 0 Å². The van der Waals surface area contributed by atoms with E-state index in [1.54, 1.807) is 6.20 Å². The lowest BCUT2D eigenvalue weighted by Crippen LogP contribution is -2.09. The first kappa shape index (κ1) is 20.0. The minimum Gasteiger partial charge on any atom is -0.298 e. The van der Waals surface area contributed by atoms with Crippen molar-refractivity contribution in [1.82, 2.24) is 9.38 Å². The quantitative estimate of drug-likeness (QED) is 0.488. The molecule has 5 nitrogen and oxygen atoms in total. The number of hydrogen-bond acceptors (Lipinski definition) is 4. The Morgan fingerprint density at radius 2 is 1.87 bits per heavy atom. The van der Waals surface area contributed by atoms with Crippen molar-refractivity contribution < 1.29 is 0 Å². The molecule has 152 valence electrons. The Morgan fingerprint density at radius 3 is 2.63 bits per heavy atom. The fraction of sp³-hybridized carbons (Fsp3) is 0.280. The molecule has 0 amide bonds. The lowest BCUT2D eigenvalue weighted by molar-refractivity contribution is 0.663. The van der Waals surface area contributed by atoms with Crippen molar-refractivity contribution in [1.29, 1.82) is 0 Å². The summed E-state index contributed by atoms with van der Waals surface area (Å²) in [5, 5.41) is 0. The van der Waals surface area contributed by atoms with E-state index in [0.717, 1.165) is 41.0 Å². The maximum Gasteiger partial charge on any atom is 0.137 e. The molecule has 2 aromatic heterocycles. The van der Waals surface area contributed by atoms with Gasteiger partial charge in [0.15, 0.2) is 0 Å². The maximum absolute atomic E-state index is 4.84.